The third-order valence-corrected chi connectivity index (χ3v) is 6.76. The number of rotatable bonds is 6. The molecular weight excluding hydrogens is 481 g/mol. The van der Waals surface area contributed by atoms with Crippen LogP contribution in [0.4, 0.5) is 0 Å². The zero-order valence-electron chi connectivity index (χ0n) is 18.0. The molecule has 1 fully saturated rings. The van der Waals surface area contributed by atoms with E-state index in [9.17, 15) is 9.59 Å². The van der Waals surface area contributed by atoms with E-state index in [0.717, 1.165) is 29.9 Å². The standard InChI is InChI=1S/C24H23Cl2N3O3S/c1-15-13-29(24(33-15)28-23(31)20-9-8-18(25)11-21(20)26)14-16-4-6-17(7-5-16)22(30)27-12-19-3-2-10-32-19/h4-9,11,13,19H,2-3,10,12,14H2,1H3,(H,27,30)/t19-/m1/s1. The summed E-state index contributed by atoms with van der Waals surface area (Å²) in [4.78, 5) is 31.0. The van der Waals surface area contributed by atoms with Crippen LogP contribution in [0, 0.1) is 6.92 Å². The predicted molar refractivity (Wildman–Crippen MR) is 130 cm³/mol. The van der Waals surface area contributed by atoms with Gasteiger partial charge in [0.05, 0.1) is 16.7 Å². The largest absolute Gasteiger partial charge is 0.376 e. The minimum absolute atomic E-state index is 0.110. The molecule has 6 nitrogen and oxygen atoms in total. The van der Waals surface area contributed by atoms with Crippen molar-refractivity contribution >= 4 is 46.4 Å². The quantitative estimate of drug-likeness (QED) is 0.521. The highest BCUT2D eigenvalue weighted by atomic mass is 35.5. The number of hydrogen-bond acceptors (Lipinski definition) is 4. The number of amides is 2. The fourth-order valence-corrected chi connectivity index (χ4v) is 4.91. The molecule has 1 N–H and O–H groups in total. The van der Waals surface area contributed by atoms with Crippen molar-refractivity contribution in [2.24, 2.45) is 4.99 Å². The number of carbonyl (C=O) groups excluding carboxylic acids is 2. The summed E-state index contributed by atoms with van der Waals surface area (Å²) in [5.74, 6) is -0.539. The molecule has 0 radical (unpaired) electrons. The molecule has 172 valence electrons. The summed E-state index contributed by atoms with van der Waals surface area (Å²) in [6.45, 7) is 3.77. The van der Waals surface area contributed by atoms with E-state index in [1.807, 2.05) is 29.8 Å². The molecule has 0 bridgehead atoms. The summed E-state index contributed by atoms with van der Waals surface area (Å²) in [7, 11) is 0. The monoisotopic (exact) mass is 503 g/mol. The minimum Gasteiger partial charge on any atom is -0.376 e. The van der Waals surface area contributed by atoms with Gasteiger partial charge in [0.25, 0.3) is 11.8 Å². The Bertz CT molecular complexity index is 1230. The fourth-order valence-electron chi connectivity index (χ4n) is 3.59. The first kappa shape index (κ1) is 23.7. The third kappa shape index (κ3) is 6.12. The number of nitrogens with one attached hydrogen (secondary N) is 1. The predicted octanol–water partition coefficient (Wildman–Crippen LogP) is 4.86. The number of halogens is 2. The Labute approximate surface area is 205 Å². The lowest BCUT2D eigenvalue weighted by Gasteiger charge is -2.11. The third-order valence-electron chi connectivity index (χ3n) is 5.28. The van der Waals surface area contributed by atoms with Gasteiger partial charge in [-0.05, 0) is 55.7 Å². The van der Waals surface area contributed by atoms with Gasteiger partial charge in [0.2, 0.25) is 0 Å². The molecule has 1 aliphatic heterocycles. The van der Waals surface area contributed by atoms with E-state index in [1.165, 1.54) is 17.4 Å². The minimum atomic E-state index is -0.425. The van der Waals surface area contributed by atoms with Crippen LogP contribution in [0.1, 0.15) is 44.0 Å². The van der Waals surface area contributed by atoms with E-state index < -0.39 is 5.91 Å². The van der Waals surface area contributed by atoms with Crippen molar-refractivity contribution < 1.29 is 14.3 Å². The SMILES string of the molecule is Cc1cn(Cc2ccc(C(=O)NC[C@H]3CCCO3)cc2)c(=NC(=O)c2ccc(Cl)cc2Cl)s1. The van der Waals surface area contributed by atoms with Crippen LogP contribution in [-0.2, 0) is 11.3 Å². The molecule has 1 aromatic heterocycles. The number of thiazole rings is 1. The van der Waals surface area contributed by atoms with Gasteiger partial charge in [-0.2, -0.15) is 4.99 Å². The van der Waals surface area contributed by atoms with Gasteiger partial charge in [-0.1, -0.05) is 35.3 Å². The lowest BCUT2D eigenvalue weighted by atomic mass is 10.1. The molecule has 0 saturated carbocycles. The van der Waals surface area contributed by atoms with Crippen molar-refractivity contribution in [3.05, 3.63) is 85.1 Å². The number of nitrogens with zero attached hydrogens (tertiary/aromatic N) is 2. The molecule has 2 amide bonds. The maximum atomic E-state index is 12.7. The smallest absolute Gasteiger partial charge is 0.281 e. The molecule has 0 aliphatic carbocycles. The van der Waals surface area contributed by atoms with Crippen LogP contribution >= 0.6 is 34.5 Å². The fraction of sp³-hybridized carbons (Fsp3) is 0.292. The van der Waals surface area contributed by atoms with Crippen LogP contribution in [0.3, 0.4) is 0 Å². The number of aryl methyl sites for hydroxylation is 1. The molecule has 1 atom stereocenters. The highest BCUT2D eigenvalue weighted by Gasteiger charge is 2.17. The van der Waals surface area contributed by atoms with Gasteiger partial charge in [0.1, 0.15) is 0 Å². The zero-order valence-corrected chi connectivity index (χ0v) is 20.3. The molecule has 9 heteroatoms. The summed E-state index contributed by atoms with van der Waals surface area (Å²) >= 11 is 13.5. The molecule has 3 aromatic rings. The van der Waals surface area contributed by atoms with E-state index in [4.69, 9.17) is 27.9 Å². The second-order valence-electron chi connectivity index (χ2n) is 7.84. The molecule has 4 rings (SSSR count). The van der Waals surface area contributed by atoms with Gasteiger partial charge in [-0.3, -0.25) is 9.59 Å². The van der Waals surface area contributed by atoms with Crippen LogP contribution in [-0.4, -0.2) is 35.6 Å². The van der Waals surface area contributed by atoms with E-state index in [-0.39, 0.29) is 17.0 Å². The number of aromatic nitrogens is 1. The van der Waals surface area contributed by atoms with Crippen molar-refractivity contribution in [2.45, 2.75) is 32.4 Å². The van der Waals surface area contributed by atoms with E-state index in [2.05, 4.69) is 10.3 Å². The summed E-state index contributed by atoms with van der Waals surface area (Å²) < 4.78 is 7.45. The second kappa shape index (κ2) is 10.7. The molecule has 2 heterocycles. The molecule has 1 saturated heterocycles. The molecule has 0 spiro atoms. The average Bonchev–Trinajstić information content (AvgIpc) is 3.42. The zero-order chi connectivity index (χ0) is 23.4. The van der Waals surface area contributed by atoms with Crippen LogP contribution in [0.2, 0.25) is 10.0 Å². The lowest BCUT2D eigenvalue weighted by molar-refractivity contribution is 0.0857. The Hall–Kier alpha value is -2.45. The van der Waals surface area contributed by atoms with Crippen molar-refractivity contribution in [1.29, 1.82) is 0 Å². The Morgan fingerprint density at radius 1 is 1.21 bits per heavy atom. The number of hydrogen-bond donors (Lipinski definition) is 1. The summed E-state index contributed by atoms with van der Waals surface area (Å²) in [6.07, 6.45) is 4.08. The second-order valence-corrected chi connectivity index (χ2v) is 9.89. The number of benzene rings is 2. The molecule has 1 aliphatic rings. The van der Waals surface area contributed by atoms with Crippen molar-refractivity contribution in [2.75, 3.05) is 13.2 Å². The molecular formula is C24H23Cl2N3O3S. The van der Waals surface area contributed by atoms with Gasteiger partial charge in [-0.25, -0.2) is 0 Å². The number of ether oxygens (including phenoxy) is 1. The van der Waals surface area contributed by atoms with Gasteiger partial charge < -0.3 is 14.6 Å². The first-order valence-electron chi connectivity index (χ1n) is 10.6. The van der Waals surface area contributed by atoms with Gasteiger partial charge >= 0.3 is 0 Å². The van der Waals surface area contributed by atoms with E-state index in [1.54, 1.807) is 24.3 Å². The van der Waals surface area contributed by atoms with Gasteiger partial charge in [-0.15, -0.1) is 11.3 Å². The Kier molecular flexibility index (Phi) is 7.65. The van der Waals surface area contributed by atoms with Crippen LogP contribution < -0.4 is 10.1 Å². The maximum absolute atomic E-state index is 12.7. The Morgan fingerprint density at radius 3 is 2.70 bits per heavy atom. The van der Waals surface area contributed by atoms with Gasteiger partial charge in [0.15, 0.2) is 4.80 Å². The van der Waals surface area contributed by atoms with Crippen LogP contribution in [0.15, 0.2) is 53.7 Å². The Balaban J connectivity index is 1.46. The molecule has 0 unspecified atom stereocenters. The average molecular weight is 504 g/mol. The summed E-state index contributed by atoms with van der Waals surface area (Å²) in [5, 5.41) is 3.66. The highest BCUT2D eigenvalue weighted by molar-refractivity contribution is 7.09. The van der Waals surface area contributed by atoms with Gasteiger partial charge in [0, 0.05) is 41.4 Å². The van der Waals surface area contributed by atoms with E-state index in [0.29, 0.717) is 34.0 Å². The van der Waals surface area contributed by atoms with Crippen molar-refractivity contribution in [3.63, 3.8) is 0 Å². The van der Waals surface area contributed by atoms with Crippen LogP contribution in [0.25, 0.3) is 0 Å². The maximum Gasteiger partial charge on any atom is 0.281 e. The highest BCUT2D eigenvalue weighted by Crippen LogP contribution is 2.21. The molecule has 2 aromatic carbocycles. The first-order chi connectivity index (χ1) is 15.9. The normalized spacial score (nSPS) is 16.2. The van der Waals surface area contributed by atoms with E-state index >= 15 is 0 Å². The topological polar surface area (TPSA) is 72.7 Å². The van der Waals surface area contributed by atoms with Crippen molar-refractivity contribution in [3.8, 4) is 0 Å². The lowest BCUT2D eigenvalue weighted by Crippen LogP contribution is -2.31. The Morgan fingerprint density at radius 2 is 2.00 bits per heavy atom. The molecule has 33 heavy (non-hydrogen) atoms. The van der Waals surface area contributed by atoms with Crippen LogP contribution in [0.5, 0.6) is 0 Å². The van der Waals surface area contributed by atoms with Crippen molar-refractivity contribution in [1.82, 2.24) is 9.88 Å². The first-order valence-corrected chi connectivity index (χ1v) is 12.2. The summed E-state index contributed by atoms with van der Waals surface area (Å²) in [5.41, 5.74) is 1.89. The number of carbonyl (C=O) groups is 2. The summed E-state index contributed by atoms with van der Waals surface area (Å²) in [6, 6.07) is 12.1.